The fourth-order valence-corrected chi connectivity index (χ4v) is 2.23. The zero-order valence-corrected chi connectivity index (χ0v) is 15.2. The molecule has 0 radical (unpaired) electrons. The van der Waals surface area contributed by atoms with Crippen LogP contribution in [0.15, 0.2) is 42.5 Å². The largest absolute Gasteiger partial charge is 0.508 e. The van der Waals surface area contributed by atoms with Gasteiger partial charge in [0, 0.05) is 19.0 Å². The lowest BCUT2D eigenvalue weighted by molar-refractivity contribution is -0.159. The van der Waals surface area contributed by atoms with Gasteiger partial charge >= 0.3 is 6.11 Å². The van der Waals surface area contributed by atoms with Crippen LogP contribution in [0.5, 0.6) is 11.5 Å². The highest BCUT2D eigenvalue weighted by molar-refractivity contribution is 5.43. The van der Waals surface area contributed by atoms with Crippen LogP contribution < -0.4 is 10.1 Å². The van der Waals surface area contributed by atoms with E-state index in [2.05, 4.69) is 10.1 Å². The van der Waals surface area contributed by atoms with Gasteiger partial charge in [0.2, 0.25) is 0 Å². The molecule has 0 bridgehead atoms. The molecule has 26 heavy (non-hydrogen) atoms. The van der Waals surface area contributed by atoms with Gasteiger partial charge in [-0.3, -0.25) is 0 Å². The van der Waals surface area contributed by atoms with Gasteiger partial charge < -0.3 is 15.2 Å². The summed E-state index contributed by atoms with van der Waals surface area (Å²) in [6.07, 6.45) is -2.86. The number of alkyl halides is 2. The molecule has 2 aromatic carbocycles. The molecule has 0 aliphatic heterocycles. The molecule has 0 amide bonds. The lowest BCUT2D eigenvalue weighted by Crippen LogP contribution is -2.21. The molecular weight excluding hydrogens is 338 g/mol. The van der Waals surface area contributed by atoms with Gasteiger partial charge in [-0.2, -0.15) is 14.0 Å². The minimum atomic E-state index is -3.31. The van der Waals surface area contributed by atoms with Crippen LogP contribution in [0.1, 0.15) is 37.5 Å². The number of ether oxygens (including phenoxy) is 1. The van der Waals surface area contributed by atoms with Crippen molar-refractivity contribution in [2.45, 2.75) is 39.8 Å². The van der Waals surface area contributed by atoms with Crippen LogP contribution in [0.2, 0.25) is 0 Å². The number of para-hydroxylation sites is 1. The number of hydrogen-bond acceptors (Lipinski definition) is 4. The van der Waals surface area contributed by atoms with E-state index >= 15 is 0 Å². The molecule has 2 aromatic rings. The molecule has 0 spiro atoms. The molecule has 140 valence electrons. The number of hydrogen-bond donors (Lipinski definition) is 2. The summed E-state index contributed by atoms with van der Waals surface area (Å²) in [4.78, 5) is 0. The van der Waals surface area contributed by atoms with E-state index in [1.54, 1.807) is 30.3 Å². The molecule has 2 rings (SSSR count). The quantitative estimate of drug-likeness (QED) is 0.706. The number of halogens is 2. The fourth-order valence-electron chi connectivity index (χ4n) is 2.23. The Labute approximate surface area is 153 Å². The Morgan fingerprint density at radius 1 is 1.15 bits per heavy atom. The average Bonchev–Trinajstić information content (AvgIpc) is 2.61. The third-order valence-corrected chi connectivity index (χ3v) is 3.36. The minimum absolute atomic E-state index is 0.00547. The molecule has 4 nitrogen and oxygen atoms in total. The molecule has 0 atom stereocenters. The van der Waals surface area contributed by atoms with Crippen LogP contribution >= 0.6 is 0 Å². The van der Waals surface area contributed by atoms with Crippen molar-refractivity contribution in [1.29, 1.82) is 5.26 Å². The molecular formula is C20H24F2N2O2. The van der Waals surface area contributed by atoms with E-state index in [-0.39, 0.29) is 17.1 Å². The van der Waals surface area contributed by atoms with Gasteiger partial charge in [0.05, 0.1) is 11.6 Å². The zero-order valence-electron chi connectivity index (χ0n) is 15.2. The van der Waals surface area contributed by atoms with E-state index in [1.807, 2.05) is 26.0 Å². The molecule has 0 saturated carbocycles. The zero-order chi connectivity index (χ0) is 19.6. The normalized spacial score (nSPS) is 10.5. The summed E-state index contributed by atoms with van der Waals surface area (Å²) in [5.74, 6) is 0.212. The number of nitriles is 1. The Bertz CT molecular complexity index is 737. The van der Waals surface area contributed by atoms with Crippen LogP contribution in [-0.2, 0) is 13.0 Å². The first-order valence-electron chi connectivity index (χ1n) is 8.46. The highest BCUT2D eigenvalue weighted by Gasteiger charge is 2.24. The predicted molar refractivity (Wildman–Crippen MR) is 97.3 cm³/mol. The first-order valence-corrected chi connectivity index (χ1v) is 8.46. The monoisotopic (exact) mass is 362 g/mol. The summed E-state index contributed by atoms with van der Waals surface area (Å²) < 4.78 is 30.9. The van der Waals surface area contributed by atoms with Gasteiger partial charge in [0.25, 0.3) is 0 Å². The van der Waals surface area contributed by atoms with Crippen molar-refractivity contribution in [3.05, 3.63) is 59.2 Å². The first-order chi connectivity index (χ1) is 12.4. The topological polar surface area (TPSA) is 65.3 Å². The summed E-state index contributed by atoms with van der Waals surface area (Å²) in [5.41, 5.74) is 1.61. The summed E-state index contributed by atoms with van der Waals surface area (Å²) in [6.45, 7) is 5.63. The summed E-state index contributed by atoms with van der Waals surface area (Å²) in [7, 11) is 0. The smallest absolute Gasteiger partial charge is 0.394 e. The van der Waals surface area contributed by atoms with Crippen molar-refractivity contribution in [3.63, 3.8) is 0 Å². The maximum atomic E-state index is 13.1. The van der Waals surface area contributed by atoms with Crippen molar-refractivity contribution >= 4 is 0 Å². The van der Waals surface area contributed by atoms with Crippen molar-refractivity contribution in [2.24, 2.45) is 0 Å². The second-order valence-corrected chi connectivity index (χ2v) is 5.40. The van der Waals surface area contributed by atoms with Crippen molar-refractivity contribution in [1.82, 2.24) is 5.32 Å². The van der Waals surface area contributed by atoms with Crippen LogP contribution in [0.25, 0.3) is 0 Å². The van der Waals surface area contributed by atoms with Gasteiger partial charge in [0.1, 0.15) is 11.5 Å². The highest BCUT2D eigenvalue weighted by atomic mass is 19.3. The second kappa shape index (κ2) is 10.4. The first kappa shape index (κ1) is 21.4. The van der Waals surface area contributed by atoms with E-state index in [0.29, 0.717) is 32.0 Å². The lowest BCUT2D eigenvalue weighted by Gasteiger charge is -2.17. The summed E-state index contributed by atoms with van der Waals surface area (Å²) >= 11 is 0. The van der Waals surface area contributed by atoms with Crippen molar-refractivity contribution in [2.75, 3.05) is 6.54 Å². The Morgan fingerprint density at radius 3 is 2.46 bits per heavy atom. The number of nitrogens with one attached hydrogen (secondary N) is 1. The number of benzene rings is 2. The van der Waals surface area contributed by atoms with Crippen LogP contribution in [0.4, 0.5) is 8.78 Å². The standard InChI is InChI=1S/C18H18F2N2O2.C2H6/c1-18(19,20)24-17-10-13(11-21)6-7-14(17)8-9-22-12-15-4-2-3-5-16(15)23;1-2/h2-7,10,22-23H,8-9,12H2,1H3;1-2H3. The van der Waals surface area contributed by atoms with Gasteiger partial charge in [-0.05, 0) is 36.7 Å². The Balaban J connectivity index is 0.00000163. The third kappa shape index (κ3) is 7.08. The molecule has 0 heterocycles. The van der Waals surface area contributed by atoms with E-state index in [9.17, 15) is 13.9 Å². The Hall–Kier alpha value is -2.65. The van der Waals surface area contributed by atoms with E-state index in [1.165, 1.54) is 6.07 Å². The number of phenolic OH excluding ortho intramolecular Hbond substituents is 1. The van der Waals surface area contributed by atoms with Crippen molar-refractivity contribution in [3.8, 4) is 17.6 Å². The number of phenols is 1. The average molecular weight is 362 g/mol. The molecule has 2 N–H and O–H groups in total. The van der Waals surface area contributed by atoms with Crippen LogP contribution in [-0.4, -0.2) is 17.8 Å². The predicted octanol–water partition coefficient (Wildman–Crippen LogP) is 4.61. The Kier molecular flexibility index (Phi) is 8.53. The number of aromatic hydroxyl groups is 1. The molecule has 0 aliphatic carbocycles. The molecule has 6 heteroatoms. The van der Waals surface area contributed by atoms with Gasteiger partial charge in [-0.15, -0.1) is 0 Å². The second-order valence-electron chi connectivity index (χ2n) is 5.40. The SMILES string of the molecule is CC.CC(F)(F)Oc1cc(C#N)ccc1CCNCc1ccccc1O. The van der Waals surface area contributed by atoms with Gasteiger partial charge in [-0.1, -0.05) is 38.1 Å². The van der Waals surface area contributed by atoms with Crippen LogP contribution in [0.3, 0.4) is 0 Å². The molecule has 0 aliphatic rings. The molecule has 0 unspecified atom stereocenters. The lowest BCUT2D eigenvalue weighted by atomic mass is 10.1. The molecule has 0 aromatic heterocycles. The molecule has 0 saturated heterocycles. The van der Waals surface area contributed by atoms with E-state index in [0.717, 1.165) is 5.56 Å². The highest BCUT2D eigenvalue weighted by Crippen LogP contribution is 2.26. The fraction of sp³-hybridized carbons (Fsp3) is 0.350. The van der Waals surface area contributed by atoms with Gasteiger partial charge in [0.15, 0.2) is 0 Å². The molecule has 0 fully saturated rings. The summed E-state index contributed by atoms with van der Waals surface area (Å²) in [5, 5.41) is 21.7. The summed E-state index contributed by atoms with van der Waals surface area (Å²) in [6, 6.07) is 13.4. The third-order valence-electron chi connectivity index (χ3n) is 3.36. The van der Waals surface area contributed by atoms with Crippen molar-refractivity contribution < 1.29 is 18.6 Å². The minimum Gasteiger partial charge on any atom is -0.508 e. The van der Waals surface area contributed by atoms with Crippen LogP contribution in [0, 0.1) is 11.3 Å². The van der Waals surface area contributed by atoms with E-state index in [4.69, 9.17) is 5.26 Å². The maximum absolute atomic E-state index is 13.1. The maximum Gasteiger partial charge on any atom is 0.394 e. The van der Waals surface area contributed by atoms with E-state index < -0.39 is 6.11 Å². The number of rotatable bonds is 7. The number of nitrogens with zero attached hydrogens (tertiary/aromatic N) is 1. The van der Waals surface area contributed by atoms with Gasteiger partial charge in [-0.25, -0.2) is 0 Å². The Morgan fingerprint density at radius 2 is 1.85 bits per heavy atom.